The van der Waals surface area contributed by atoms with E-state index in [0.29, 0.717) is 0 Å². The first kappa shape index (κ1) is 11.1. The summed E-state index contributed by atoms with van der Waals surface area (Å²) in [7, 11) is 0. The summed E-state index contributed by atoms with van der Waals surface area (Å²) in [4.78, 5) is 2.39. The fourth-order valence-electron chi connectivity index (χ4n) is 2.23. The van der Waals surface area contributed by atoms with Crippen molar-refractivity contribution in [3.8, 4) is 0 Å². The Hall–Kier alpha value is -1.44. The Morgan fingerprint density at radius 2 is 2.19 bits per heavy atom. The van der Waals surface area contributed by atoms with Crippen molar-refractivity contribution in [3.05, 3.63) is 29.8 Å². The Bertz CT molecular complexity index is 382. The van der Waals surface area contributed by atoms with Crippen LogP contribution in [0.1, 0.15) is 31.7 Å². The quantitative estimate of drug-likeness (QED) is 0.618. The molecule has 0 aromatic heterocycles. The van der Waals surface area contributed by atoms with Crippen molar-refractivity contribution >= 4 is 17.5 Å². The lowest BCUT2D eigenvalue weighted by Crippen LogP contribution is -2.28. The Balaban J connectivity index is 2.16. The molecule has 2 rings (SSSR count). The van der Waals surface area contributed by atoms with Crippen molar-refractivity contribution in [2.24, 2.45) is 0 Å². The predicted molar refractivity (Wildman–Crippen MR) is 71.6 cm³/mol. The van der Waals surface area contributed by atoms with Crippen LogP contribution in [-0.2, 0) is 0 Å². The van der Waals surface area contributed by atoms with Gasteiger partial charge in [-0.15, -0.1) is 0 Å². The van der Waals surface area contributed by atoms with Crippen LogP contribution < -0.4 is 10.6 Å². The summed E-state index contributed by atoms with van der Waals surface area (Å²) in [6.45, 7) is 4.34. The zero-order valence-corrected chi connectivity index (χ0v) is 9.95. The van der Waals surface area contributed by atoms with E-state index in [-0.39, 0.29) is 0 Å². The van der Waals surface area contributed by atoms with Crippen LogP contribution in [0, 0.1) is 0 Å². The fraction of sp³-hybridized carbons (Fsp3) is 0.429. The van der Waals surface area contributed by atoms with Gasteiger partial charge in [0.1, 0.15) is 0 Å². The van der Waals surface area contributed by atoms with Gasteiger partial charge < -0.3 is 10.6 Å². The van der Waals surface area contributed by atoms with Crippen LogP contribution in [0.2, 0.25) is 0 Å². The number of hydrogen-bond donors (Lipinski definition) is 1. The molecular weight excluding hydrogens is 196 g/mol. The van der Waals surface area contributed by atoms with E-state index in [9.17, 15) is 0 Å². The average molecular weight is 216 g/mol. The van der Waals surface area contributed by atoms with Crippen molar-refractivity contribution < 1.29 is 0 Å². The van der Waals surface area contributed by atoms with Gasteiger partial charge in [0, 0.05) is 13.1 Å². The summed E-state index contributed by atoms with van der Waals surface area (Å²) in [6.07, 6.45) is 8.19. The molecule has 0 spiro atoms. The molecule has 0 fully saturated rings. The number of nitrogens with two attached hydrogens (primary N) is 1. The lowest BCUT2D eigenvalue weighted by atomic mass is 10.1. The standard InChI is InChI=1S/C14H20N2/c1-2-3-4-10-16-11-6-8-12-7-5-9-13(15)14(12)16/h5-9H,2-4,10-11,15H2,1H3. The van der Waals surface area contributed by atoms with Crippen LogP contribution in [-0.4, -0.2) is 13.1 Å². The topological polar surface area (TPSA) is 29.3 Å². The van der Waals surface area contributed by atoms with Crippen LogP contribution >= 0.6 is 0 Å². The van der Waals surface area contributed by atoms with E-state index in [2.05, 4.69) is 30.0 Å². The summed E-state index contributed by atoms with van der Waals surface area (Å²) in [5.41, 5.74) is 9.44. The smallest absolute Gasteiger partial charge is 0.0676 e. The van der Waals surface area contributed by atoms with Crippen LogP contribution in [0.15, 0.2) is 24.3 Å². The van der Waals surface area contributed by atoms with Gasteiger partial charge in [0.25, 0.3) is 0 Å². The van der Waals surface area contributed by atoms with Gasteiger partial charge in [0.05, 0.1) is 11.4 Å². The second-order valence-electron chi connectivity index (χ2n) is 4.34. The van der Waals surface area contributed by atoms with Crippen molar-refractivity contribution in [2.75, 3.05) is 23.7 Å². The molecule has 1 aliphatic heterocycles. The molecule has 2 N–H and O–H groups in total. The summed E-state index contributed by atoms with van der Waals surface area (Å²) >= 11 is 0. The third kappa shape index (κ3) is 2.21. The van der Waals surface area contributed by atoms with Gasteiger partial charge in [-0.3, -0.25) is 0 Å². The first-order valence-corrected chi connectivity index (χ1v) is 6.13. The van der Waals surface area contributed by atoms with E-state index in [1.54, 1.807) is 0 Å². The molecule has 0 aliphatic carbocycles. The van der Waals surface area contributed by atoms with Gasteiger partial charge in [-0.1, -0.05) is 44.1 Å². The van der Waals surface area contributed by atoms with Gasteiger partial charge in [-0.25, -0.2) is 0 Å². The third-order valence-electron chi connectivity index (χ3n) is 3.07. The van der Waals surface area contributed by atoms with Gasteiger partial charge >= 0.3 is 0 Å². The number of anilines is 2. The molecule has 1 heterocycles. The summed E-state index contributed by atoms with van der Waals surface area (Å²) in [6, 6.07) is 6.15. The maximum Gasteiger partial charge on any atom is 0.0676 e. The van der Waals surface area contributed by atoms with Crippen LogP contribution in [0.25, 0.3) is 6.08 Å². The molecule has 0 atom stereocenters. The summed E-state index contributed by atoms with van der Waals surface area (Å²) in [5, 5.41) is 0. The van der Waals surface area contributed by atoms with Crippen molar-refractivity contribution in [1.82, 2.24) is 0 Å². The molecule has 0 bridgehead atoms. The number of benzene rings is 1. The van der Waals surface area contributed by atoms with Crippen molar-refractivity contribution in [3.63, 3.8) is 0 Å². The Kier molecular flexibility index (Phi) is 3.50. The second-order valence-corrected chi connectivity index (χ2v) is 4.34. The van der Waals surface area contributed by atoms with Crippen molar-refractivity contribution in [1.29, 1.82) is 0 Å². The lowest BCUT2D eigenvalue weighted by Gasteiger charge is -2.29. The molecule has 0 saturated heterocycles. The van der Waals surface area contributed by atoms with Crippen LogP contribution in [0.3, 0.4) is 0 Å². The molecular formula is C14H20N2. The lowest BCUT2D eigenvalue weighted by molar-refractivity contribution is 0.692. The van der Waals surface area contributed by atoms with Crippen molar-refractivity contribution in [2.45, 2.75) is 26.2 Å². The number of nitrogen functional groups attached to an aromatic ring is 1. The van der Waals surface area contributed by atoms with E-state index in [4.69, 9.17) is 5.73 Å². The highest BCUT2D eigenvalue weighted by molar-refractivity contribution is 5.81. The van der Waals surface area contributed by atoms with E-state index in [0.717, 1.165) is 18.8 Å². The Morgan fingerprint density at radius 1 is 1.31 bits per heavy atom. The maximum atomic E-state index is 6.06. The van der Waals surface area contributed by atoms with E-state index < -0.39 is 0 Å². The molecule has 86 valence electrons. The minimum atomic E-state index is 0.901. The zero-order chi connectivity index (χ0) is 11.4. The van der Waals surface area contributed by atoms with E-state index in [1.807, 2.05) is 12.1 Å². The first-order chi connectivity index (χ1) is 7.83. The molecule has 0 unspecified atom stereocenters. The molecule has 16 heavy (non-hydrogen) atoms. The number of unbranched alkanes of at least 4 members (excludes halogenated alkanes) is 2. The number of nitrogens with zero attached hydrogens (tertiary/aromatic N) is 1. The molecule has 0 radical (unpaired) electrons. The second kappa shape index (κ2) is 5.06. The molecule has 1 aromatic rings. The fourth-order valence-corrected chi connectivity index (χ4v) is 2.23. The molecule has 0 amide bonds. The number of hydrogen-bond acceptors (Lipinski definition) is 2. The van der Waals surface area contributed by atoms with Crippen LogP contribution in [0.5, 0.6) is 0 Å². The zero-order valence-electron chi connectivity index (χ0n) is 9.95. The molecule has 1 aromatic carbocycles. The molecule has 0 saturated carbocycles. The normalized spacial score (nSPS) is 13.9. The average Bonchev–Trinajstić information content (AvgIpc) is 2.30. The van der Waals surface area contributed by atoms with E-state index in [1.165, 1.54) is 30.5 Å². The highest BCUT2D eigenvalue weighted by atomic mass is 15.1. The SMILES string of the molecule is CCCCCN1CC=Cc2cccc(N)c21. The number of fused-ring (bicyclic) bond motifs is 1. The number of para-hydroxylation sites is 1. The van der Waals surface area contributed by atoms with Gasteiger partial charge in [0.2, 0.25) is 0 Å². The maximum absolute atomic E-state index is 6.06. The largest absolute Gasteiger partial charge is 0.397 e. The van der Waals surface area contributed by atoms with E-state index >= 15 is 0 Å². The monoisotopic (exact) mass is 216 g/mol. The van der Waals surface area contributed by atoms with Gasteiger partial charge in [-0.05, 0) is 18.1 Å². The number of rotatable bonds is 4. The minimum absolute atomic E-state index is 0.901. The predicted octanol–water partition coefficient (Wildman–Crippen LogP) is 3.29. The third-order valence-corrected chi connectivity index (χ3v) is 3.07. The first-order valence-electron chi connectivity index (χ1n) is 6.13. The Morgan fingerprint density at radius 3 is 3.00 bits per heavy atom. The molecule has 1 aliphatic rings. The van der Waals surface area contributed by atoms with Gasteiger partial charge in [-0.2, -0.15) is 0 Å². The molecule has 2 heteroatoms. The minimum Gasteiger partial charge on any atom is -0.397 e. The van der Waals surface area contributed by atoms with Crippen LogP contribution in [0.4, 0.5) is 11.4 Å². The molecule has 2 nitrogen and oxygen atoms in total. The summed E-state index contributed by atoms with van der Waals surface area (Å²) < 4.78 is 0. The Labute approximate surface area is 97.8 Å². The summed E-state index contributed by atoms with van der Waals surface area (Å²) in [5.74, 6) is 0. The highest BCUT2D eigenvalue weighted by Crippen LogP contribution is 2.31. The van der Waals surface area contributed by atoms with Gasteiger partial charge in [0.15, 0.2) is 0 Å². The highest BCUT2D eigenvalue weighted by Gasteiger charge is 2.14.